The number of nitrogens with zero attached hydrogens (tertiary/aromatic N) is 2. The van der Waals surface area contributed by atoms with Crippen LogP contribution in [0.25, 0.3) is 0 Å². The van der Waals surface area contributed by atoms with Gasteiger partial charge in [0.05, 0.1) is 11.7 Å². The fourth-order valence-corrected chi connectivity index (χ4v) is 2.34. The van der Waals surface area contributed by atoms with Crippen LogP contribution in [0.2, 0.25) is 0 Å². The Labute approximate surface area is 108 Å². The van der Waals surface area contributed by atoms with E-state index in [2.05, 4.69) is 4.98 Å². The first-order valence-electron chi connectivity index (χ1n) is 6.50. The van der Waals surface area contributed by atoms with Crippen LogP contribution in [-0.2, 0) is 0 Å². The Bertz CT molecular complexity index is 414. The van der Waals surface area contributed by atoms with E-state index in [4.69, 9.17) is 15.7 Å². The molecule has 96 valence electrons. The highest BCUT2D eigenvalue weighted by Crippen LogP contribution is 2.25. The van der Waals surface area contributed by atoms with E-state index in [1.807, 2.05) is 6.07 Å². The number of nitrogens with two attached hydrogens (primary N) is 1. The Morgan fingerprint density at radius 3 is 2.56 bits per heavy atom. The molecule has 2 rings (SSSR count). The van der Waals surface area contributed by atoms with Gasteiger partial charge in [-0.3, -0.25) is 0 Å². The SMILES string of the molecule is N#Cc1ccc(OCC2(N)CCCCCC2)cn1. The second-order valence-corrected chi connectivity index (χ2v) is 5.06. The van der Waals surface area contributed by atoms with Gasteiger partial charge in [0.25, 0.3) is 0 Å². The minimum Gasteiger partial charge on any atom is -0.490 e. The Morgan fingerprint density at radius 1 is 1.28 bits per heavy atom. The second kappa shape index (κ2) is 5.83. The molecule has 1 aromatic rings. The van der Waals surface area contributed by atoms with E-state index < -0.39 is 0 Å². The summed E-state index contributed by atoms with van der Waals surface area (Å²) in [5, 5.41) is 8.66. The first-order valence-corrected chi connectivity index (χ1v) is 6.50. The number of nitriles is 1. The van der Waals surface area contributed by atoms with Crippen LogP contribution in [0.15, 0.2) is 18.3 Å². The standard InChI is InChI=1S/C14H19N3O/c15-9-12-5-6-13(10-17-12)18-11-14(16)7-3-1-2-4-8-14/h5-6,10H,1-4,7-8,11,16H2. The minimum atomic E-state index is -0.204. The molecule has 0 aliphatic heterocycles. The minimum absolute atomic E-state index is 0.204. The molecule has 0 radical (unpaired) electrons. The highest BCUT2D eigenvalue weighted by Gasteiger charge is 2.27. The lowest BCUT2D eigenvalue weighted by atomic mass is 9.93. The molecule has 1 heterocycles. The van der Waals surface area contributed by atoms with Crippen molar-refractivity contribution in [1.29, 1.82) is 5.26 Å². The first kappa shape index (κ1) is 12.8. The van der Waals surface area contributed by atoms with Crippen LogP contribution < -0.4 is 10.5 Å². The molecular weight excluding hydrogens is 226 g/mol. The molecule has 1 aliphatic carbocycles. The number of rotatable bonds is 3. The van der Waals surface area contributed by atoms with Gasteiger partial charge < -0.3 is 10.5 Å². The summed E-state index contributed by atoms with van der Waals surface area (Å²) in [6.07, 6.45) is 8.55. The third-order valence-corrected chi connectivity index (χ3v) is 3.48. The lowest BCUT2D eigenvalue weighted by Crippen LogP contribution is -2.45. The van der Waals surface area contributed by atoms with Gasteiger partial charge in [-0.05, 0) is 25.0 Å². The van der Waals surface area contributed by atoms with E-state index in [-0.39, 0.29) is 5.54 Å². The first-order chi connectivity index (χ1) is 8.72. The predicted molar refractivity (Wildman–Crippen MR) is 69.1 cm³/mol. The van der Waals surface area contributed by atoms with Crippen molar-refractivity contribution in [3.63, 3.8) is 0 Å². The van der Waals surface area contributed by atoms with Crippen LogP contribution in [0.1, 0.15) is 44.2 Å². The maximum atomic E-state index is 8.66. The topological polar surface area (TPSA) is 71.9 Å². The molecule has 1 aliphatic rings. The zero-order valence-corrected chi connectivity index (χ0v) is 10.6. The van der Waals surface area contributed by atoms with Crippen molar-refractivity contribution >= 4 is 0 Å². The van der Waals surface area contributed by atoms with E-state index in [1.54, 1.807) is 18.3 Å². The van der Waals surface area contributed by atoms with Crippen LogP contribution in [0.4, 0.5) is 0 Å². The Kier molecular flexibility index (Phi) is 4.16. The van der Waals surface area contributed by atoms with Crippen molar-refractivity contribution in [2.24, 2.45) is 5.73 Å². The van der Waals surface area contributed by atoms with E-state index in [1.165, 1.54) is 25.7 Å². The van der Waals surface area contributed by atoms with Crippen LogP contribution in [0.5, 0.6) is 5.75 Å². The molecule has 18 heavy (non-hydrogen) atoms. The lowest BCUT2D eigenvalue weighted by Gasteiger charge is -2.27. The van der Waals surface area contributed by atoms with Gasteiger partial charge in [0.1, 0.15) is 24.1 Å². The highest BCUT2D eigenvalue weighted by molar-refractivity contribution is 5.26. The monoisotopic (exact) mass is 245 g/mol. The number of ether oxygens (including phenoxy) is 1. The third kappa shape index (κ3) is 3.44. The summed E-state index contributed by atoms with van der Waals surface area (Å²) in [7, 11) is 0. The number of hydrogen-bond acceptors (Lipinski definition) is 4. The zero-order chi connectivity index (χ0) is 12.8. The van der Waals surface area contributed by atoms with E-state index in [9.17, 15) is 0 Å². The molecule has 2 N–H and O–H groups in total. The van der Waals surface area contributed by atoms with Crippen LogP contribution in [0.3, 0.4) is 0 Å². The molecule has 1 fully saturated rings. The summed E-state index contributed by atoms with van der Waals surface area (Å²) >= 11 is 0. The summed E-state index contributed by atoms with van der Waals surface area (Å²) in [4.78, 5) is 3.98. The van der Waals surface area contributed by atoms with Gasteiger partial charge in [-0.1, -0.05) is 25.7 Å². The normalized spacial score (nSPS) is 18.7. The molecule has 0 unspecified atom stereocenters. The van der Waals surface area contributed by atoms with Crippen LogP contribution >= 0.6 is 0 Å². The average molecular weight is 245 g/mol. The van der Waals surface area contributed by atoms with Gasteiger partial charge in [-0.15, -0.1) is 0 Å². The van der Waals surface area contributed by atoms with Gasteiger partial charge in [-0.2, -0.15) is 5.26 Å². The lowest BCUT2D eigenvalue weighted by molar-refractivity contribution is 0.199. The second-order valence-electron chi connectivity index (χ2n) is 5.06. The van der Waals surface area contributed by atoms with E-state index in [0.29, 0.717) is 18.1 Å². The summed E-state index contributed by atoms with van der Waals surface area (Å²) in [5.41, 5.74) is 6.56. The Morgan fingerprint density at radius 2 is 2.00 bits per heavy atom. The smallest absolute Gasteiger partial charge is 0.140 e. The maximum Gasteiger partial charge on any atom is 0.140 e. The van der Waals surface area contributed by atoms with Crippen LogP contribution in [0, 0.1) is 11.3 Å². The molecule has 4 heteroatoms. The number of hydrogen-bond donors (Lipinski definition) is 1. The molecule has 1 saturated carbocycles. The molecule has 0 amide bonds. The molecule has 0 aromatic carbocycles. The van der Waals surface area contributed by atoms with Crippen molar-refractivity contribution in [3.8, 4) is 11.8 Å². The van der Waals surface area contributed by atoms with Crippen LogP contribution in [-0.4, -0.2) is 17.1 Å². The third-order valence-electron chi connectivity index (χ3n) is 3.48. The number of aromatic nitrogens is 1. The van der Waals surface area contributed by atoms with Gasteiger partial charge >= 0.3 is 0 Å². The largest absolute Gasteiger partial charge is 0.490 e. The molecule has 0 bridgehead atoms. The molecule has 0 spiro atoms. The van der Waals surface area contributed by atoms with E-state index >= 15 is 0 Å². The summed E-state index contributed by atoms with van der Waals surface area (Å²) in [6.45, 7) is 0.528. The number of pyridine rings is 1. The van der Waals surface area contributed by atoms with Gasteiger partial charge in [0.2, 0.25) is 0 Å². The maximum absolute atomic E-state index is 8.66. The Hall–Kier alpha value is -1.60. The fraction of sp³-hybridized carbons (Fsp3) is 0.571. The van der Waals surface area contributed by atoms with Gasteiger partial charge in [0, 0.05) is 0 Å². The molecule has 0 saturated heterocycles. The molecule has 0 atom stereocenters. The highest BCUT2D eigenvalue weighted by atomic mass is 16.5. The summed E-state index contributed by atoms with van der Waals surface area (Å²) in [5.74, 6) is 0.683. The van der Waals surface area contributed by atoms with Crippen molar-refractivity contribution in [2.75, 3.05) is 6.61 Å². The summed E-state index contributed by atoms with van der Waals surface area (Å²) in [6, 6.07) is 5.41. The van der Waals surface area contributed by atoms with Crippen molar-refractivity contribution in [3.05, 3.63) is 24.0 Å². The molecule has 1 aromatic heterocycles. The van der Waals surface area contributed by atoms with Crippen molar-refractivity contribution < 1.29 is 4.74 Å². The fourth-order valence-electron chi connectivity index (χ4n) is 2.34. The van der Waals surface area contributed by atoms with Gasteiger partial charge in [0.15, 0.2) is 0 Å². The predicted octanol–water partition coefficient (Wildman–Crippen LogP) is 2.38. The zero-order valence-electron chi connectivity index (χ0n) is 10.6. The Balaban J connectivity index is 1.91. The van der Waals surface area contributed by atoms with Gasteiger partial charge in [-0.25, -0.2) is 4.98 Å². The molecule has 4 nitrogen and oxygen atoms in total. The average Bonchev–Trinajstić information content (AvgIpc) is 2.62. The molecular formula is C14H19N3O. The van der Waals surface area contributed by atoms with Crippen molar-refractivity contribution in [1.82, 2.24) is 4.98 Å². The summed E-state index contributed by atoms with van der Waals surface area (Å²) < 4.78 is 5.71. The van der Waals surface area contributed by atoms with Crippen molar-refractivity contribution in [2.45, 2.75) is 44.1 Å². The van der Waals surface area contributed by atoms with E-state index in [0.717, 1.165) is 12.8 Å². The quantitative estimate of drug-likeness (QED) is 0.830.